The van der Waals surface area contributed by atoms with E-state index in [1.165, 1.54) is 5.19 Å². The van der Waals surface area contributed by atoms with Gasteiger partial charge in [0, 0.05) is 0 Å². The largest absolute Gasteiger partial charge is 0.322 e. The number of nitrogens with one attached hydrogen (secondary N) is 2. The molecule has 0 saturated heterocycles. The van der Waals surface area contributed by atoms with Crippen LogP contribution in [0.15, 0.2) is 30.3 Å². The number of hydrogen-bond acceptors (Lipinski definition) is 2. The van der Waals surface area contributed by atoms with Gasteiger partial charge in [0.25, 0.3) is 0 Å². The molecule has 0 radical (unpaired) electrons. The van der Waals surface area contributed by atoms with Crippen molar-refractivity contribution in [2.75, 3.05) is 0 Å². The fraction of sp³-hybridized carbons (Fsp3) is 0.500. The first kappa shape index (κ1) is 12.4. The summed E-state index contributed by atoms with van der Waals surface area (Å²) >= 11 is 0. The molecule has 0 spiro atoms. The highest BCUT2D eigenvalue weighted by atomic mass is 28.3. The van der Waals surface area contributed by atoms with E-state index in [0.717, 1.165) is 0 Å². The van der Waals surface area contributed by atoms with Crippen molar-refractivity contribution < 1.29 is 0 Å². The van der Waals surface area contributed by atoms with E-state index < -0.39 is 9.12 Å². The zero-order valence-corrected chi connectivity index (χ0v) is 11.3. The van der Waals surface area contributed by atoms with Crippen LogP contribution < -0.4 is 15.2 Å². The van der Waals surface area contributed by atoms with Gasteiger partial charge in [-0.25, -0.2) is 0 Å². The summed E-state index contributed by atoms with van der Waals surface area (Å²) in [5.41, 5.74) is 0. The van der Waals surface area contributed by atoms with Crippen molar-refractivity contribution >= 4 is 14.3 Å². The Labute approximate surface area is 94.9 Å². The van der Waals surface area contributed by atoms with Crippen LogP contribution in [0.25, 0.3) is 0 Å². The van der Waals surface area contributed by atoms with Gasteiger partial charge in [-0.2, -0.15) is 0 Å². The maximum atomic E-state index is 3.66. The van der Waals surface area contributed by atoms with Gasteiger partial charge in [0.05, 0.1) is 0 Å². The molecule has 0 aliphatic heterocycles. The predicted molar refractivity (Wildman–Crippen MR) is 69.8 cm³/mol. The Kier molecular flexibility index (Phi) is 5.01. The van der Waals surface area contributed by atoms with Crippen LogP contribution in [0, 0.1) is 0 Å². The van der Waals surface area contributed by atoms with Crippen LogP contribution in [-0.2, 0) is 0 Å². The Hall–Kier alpha value is -0.643. The first-order chi connectivity index (χ1) is 7.09. The maximum Gasteiger partial charge on any atom is 0.218 e. The van der Waals surface area contributed by atoms with Gasteiger partial charge >= 0.3 is 0 Å². The van der Waals surface area contributed by atoms with Crippen molar-refractivity contribution in [3.8, 4) is 0 Å². The summed E-state index contributed by atoms with van der Waals surface area (Å²) in [6, 6.07) is 11.8. The Morgan fingerprint density at radius 2 is 1.33 bits per heavy atom. The van der Waals surface area contributed by atoms with E-state index in [2.05, 4.69) is 68.0 Å². The molecule has 0 unspecified atom stereocenters. The van der Waals surface area contributed by atoms with Crippen LogP contribution in [0.1, 0.15) is 27.7 Å². The van der Waals surface area contributed by atoms with Gasteiger partial charge in [-0.3, -0.25) is 0 Å². The molecule has 0 aliphatic carbocycles. The van der Waals surface area contributed by atoms with Crippen LogP contribution in [-0.4, -0.2) is 21.2 Å². The summed E-state index contributed by atoms with van der Waals surface area (Å²) in [5.74, 6) is 0. The monoisotopic (exact) mass is 222 g/mol. The second kappa shape index (κ2) is 6.05. The zero-order valence-electron chi connectivity index (χ0n) is 10.1. The van der Waals surface area contributed by atoms with Crippen molar-refractivity contribution in [3.63, 3.8) is 0 Å². The van der Waals surface area contributed by atoms with E-state index in [0.29, 0.717) is 12.1 Å². The predicted octanol–water partition coefficient (Wildman–Crippen LogP) is 1.11. The molecule has 0 aromatic heterocycles. The summed E-state index contributed by atoms with van der Waals surface area (Å²) in [7, 11) is -1.21. The molecule has 0 fully saturated rings. The molecule has 0 bridgehead atoms. The molecule has 1 aromatic carbocycles. The molecular formula is C12H22N2Si. The minimum absolute atomic E-state index is 0.535. The van der Waals surface area contributed by atoms with Crippen molar-refractivity contribution in [2.45, 2.75) is 39.8 Å². The smallest absolute Gasteiger partial charge is 0.218 e. The summed E-state index contributed by atoms with van der Waals surface area (Å²) in [6.07, 6.45) is 0. The normalized spacial score (nSPS) is 11.7. The molecule has 2 N–H and O–H groups in total. The van der Waals surface area contributed by atoms with Gasteiger partial charge in [0.2, 0.25) is 9.12 Å². The van der Waals surface area contributed by atoms with E-state index in [1.807, 2.05) is 0 Å². The first-order valence-electron chi connectivity index (χ1n) is 5.66. The fourth-order valence-electron chi connectivity index (χ4n) is 1.55. The average molecular weight is 222 g/mol. The molecule has 15 heavy (non-hydrogen) atoms. The standard InChI is InChI=1S/C12H22N2Si/c1-10(2)13-15(14-11(3)4)12-8-6-5-7-9-12/h5-11,13-15H,1-4H3. The van der Waals surface area contributed by atoms with Crippen LogP contribution in [0.2, 0.25) is 0 Å². The average Bonchev–Trinajstić information content (AvgIpc) is 2.17. The highest BCUT2D eigenvalue weighted by Gasteiger charge is 2.15. The topological polar surface area (TPSA) is 24.1 Å². The summed E-state index contributed by atoms with van der Waals surface area (Å²) in [6.45, 7) is 8.80. The Bertz CT molecular complexity index is 262. The molecule has 1 aromatic rings. The number of rotatable bonds is 5. The van der Waals surface area contributed by atoms with E-state index in [1.54, 1.807) is 0 Å². The Balaban J connectivity index is 2.72. The van der Waals surface area contributed by atoms with E-state index in [4.69, 9.17) is 0 Å². The second-order valence-corrected chi connectivity index (χ2v) is 6.69. The lowest BCUT2D eigenvalue weighted by atomic mass is 10.4. The maximum absolute atomic E-state index is 3.66. The number of hydrogen-bond donors (Lipinski definition) is 2. The van der Waals surface area contributed by atoms with E-state index in [9.17, 15) is 0 Å². The van der Waals surface area contributed by atoms with Gasteiger partial charge < -0.3 is 9.96 Å². The van der Waals surface area contributed by atoms with Crippen molar-refractivity contribution in [3.05, 3.63) is 30.3 Å². The van der Waals surface area contributed by atoms with Crippen molar-refractivity contribution in [1.82, 2.24) is 9.96 Å². The highest BCUT2D eigenvalue weighted by molar-refractivity contribution is 6.68. The molecule has 0 amide bonds. The molecule has 0 heterocycles. The number of benzene rings is 1. The molecule has 3 heteroatoms. The fourth-order valence-corrected chi connectivity index (χ4v) is 3.97. The van der Waals surface area contributed by atoms with Crippen LogP contribution in [0.3, 0.4) is 0 Å². The third-order valence-electron chi connectivity index (χ3n) is 2.13. The highest BCUT2D eigenvalue weighted by Crippen LogP contribution is 1.88. The Morgan fingerprint density at radius 1 is 0.867 bits per heavy atom. The third-order valence-corrected chi connectivity index (χ3v) is 5.18. The van der Waals surface area contributed by atoms with Crippen molar-refractivity contribution in [2.24, 2.45) is 0 Å². The molecule has 0 saturated carbocycles. The third kappa shape index (κ3) is 4.60. The summed E-state index contributed by atoms with van der Waals surface area (Å²) in [4.78, 5) is 7.31. The Morgan fingerprint density at radius 3 is 1.73 bits per heavy atom. The van der Waals surface area contributed by atoms with Gasteiger partial charge in [-0.15, -0.1) is 0 Å². The lowest BCUT2D eigenvalue weighted by Crippen LogP contribution is -2.60. The van der Waals surface area contributed by atoms with Crippen LogP contribution in [0.5, 0.6) is 0 Å². The molecule has 0 atom stereocenters. The van der Waals surface area contributed by atoms with Crippen LogP contribution >= 0.6 is 0 Å². The molecule has 0 aliphatic rings. The summed E-state index contributed by atoms with van der Waals surface area (Å²) < 4.78 is 0. The minimum Gasteiger partial charge on any atom is -0.322 e. The lowest BCUT2D eigenvalue weighted by Gasteiger charge is -2.23. The van der Waals surface area contributed by atoms with Gasteiger partial charge in [-0.05, 0) is 17.3 Å². The van der Waals surface area contributed by atoms with Gasteiger partial charge in [0.15, 0.2) is 0 Å². The zero-order chi connectivity index (χ0) is 11.3. The molecule has 84 valence electrons. The molecular weight excluding hydrogens is 200 g/mol. The minimum atomic E-state index is -1.21. The molecule has 2 nitrogen and oxygen atoms in total. The first-order valence-corrected chi connectivity index (χ1v) is 7.40. The summed E-state index contributed by atoms with van der Waals surface area (Å²) in [5, 5.41) is 1.43. The second-order valence-electron chi connectivity index (χ2n) is 4.49. The quantitative estimate of drug-likeness (QED) is 0.729. The molecule has 1 rings (SSSR count). The SMILES string of the molecule is CC(C)N[SiH](NC(C)C)c1ccccc1. The van der Waals surface area contributed by atoms with E-state index >= 15 is 0 Å². The van der Waals surface area contributed by atoms with Gasteiger partial charge in [-0.1, -0.05) is 58.0 Å². The van der Waals surface area contributed by atoms with E-state index in [-0.39, 0.29) is 0 Å². The van der Waals surface area contributed by atoms with Crippen molar-refractivity contribution in [1.29, 1.82) is 0 Å². The lowest BCUT2D eigenvalue weighted by molar-refractivity contribution is 0.689. The van der Waals surface area contributed by atoms with Gasteiger partial charge in [0.1, 0.15) is 0 Å². The van der Waals surface area contributed by atoms with Crippen LogP contribution in [0.4, 0.5) is 0 Å².